The van der Waals surface area contributed by atoms with Crippen LogP contribution in [-0.2, 0) is 15.1 Å². The maximum atomic E-state index is 13.2. The van der Waals surface area contributed by atoms with Gasteiger partial charge in [0.25, 0.3) is 5.91 Å². The molecule has 160 valence electrons. The third-order valence-electron chi connectivity index (χ3n) is 5.82. The molecule has 1 heterocycles. The predicted octanol–water partition coefficient (Wildman–Crippen LogP) is 3.36. The molecule has 0 radical (unpaired) electrons. The standard InChI is InChI=1S/C25H22N4O3/c1-16(18-9-7-17(14-26)8-10-18)27-22(30)15-29-23(31)25(2,28-24(29)32)21-12-11-19-5-3-4-6-20(19)13-21/h3-13,16H,15H2,1-2H3,(H,27,30)(H,28,32). The van der Waals surface area contributed by atoms with E-state index >= 15 is 0 Å². The van der Waals surface area contributed by atoms with Gasteiger partial charge in [0.1, 0.15) is 12.1 Å². The van der Waals surface area contributed by atoms with Gasteiger partial charge in [0.2, 0.25) is 5.91 Å². The number of hydrogen-bond acceptors (Lipinski definition) is 4. The van der Waals surface area contributed by atoms with E-state index in [-0.39, 0.29) is 12.6 Å². The lowest BCUT2D eigenvalue weighted by atomic mass is 9.90. The van der Waals surface area contributed by atoms with Crippen molar-refractivity contribution in [2.24, 2.45) is 0 Å². The second kappa shape index (κ2) is 8.16. The highest BCUT2D eigenvalue weighted by molar-refractivity contribution is 6.09. The summed E-state index contributed by atoms with van der Waals surface area (Å²) in [5, 5.41) is 16.4. The molecule has 0 saturated carbocycles. The molecule has 0 aliphatic carbocycles. The van der Waals surface area contributed by atoms with E-state index < -0.39 is 23.4 Å². The van der Waals surface area contributed by atoms with E-state index in [0.29, 0.717) is 11.1 Å². The fourth-order valence-electron chi connectivity index (χ4n) is 3.90. The molecule has 4 rings (SSSR count). The van der Waals surface area contributed by atoms with Crippen LogP contribution in [0.1, 0.15) is 36.6 Å². The number of rotatable bonds is 5. The minimum absolute atomic E-state index is 0.345. The summed E-state index contributed by atoms with van der Waals surface area (Å²) in [6.07, 6.45) is 0. The van der Waals surface area contributed by atoms with Crippen LogP contribution in [0.2, 0.25) is 0 Å². The monoisotopic (exact) mass is 426 g/mol. The van der Waals surface area contributed by atoms with Crippen molar-refractivity contribution in [3.05, 3.63) is 83.4 Å². The largest absolute Gasteiger partial charge is 0.348 e. The Balaban J connectivity index is 1.48. The van der Waals surface area contributed by atoms with Gasteiger partial charge in [-0.15, -0.1) is 0 Å². The number of nitrogens with zero attached hydrogens (tertiary/aromatic N) is 2. The van der Waals surface area contributed by atoms with Crippen LogP contribution in [0.15, 0.2) is 66.7 Å². The van der Waals surface area contributed by atoms with E-state index in [0.717, 1.165) is 21.2 Å². The molecule has 32 heavy (non-hydrogen) atoms. The Morgan fingerprint density at radius 2 is 1.78 bits per heavy atom. The van der Waals surface area contributed by atoms with Gasteiger partial charge in [-0.1, -0.05) is 48.5 Å². The minimum atomic E-state index is -1.25. The van der Waals surface area contributed by atoms with Crippen LogP contribution in [0.25, 0.3) is 10.8 Å². The van der Waals surface area contributed by atoms with E-state index in [1.807, 2.05) is 48.5 Å². The number of hydrogen-bond donors (Lipinski definition) is 2. The minimum Gasteiger partial charge on any atom is -0.348 e. The molecule has 3 aromatic rings. The number of imide groups is 1. The van der Waals surface area contributed by atoms with Crippen LogP contribution >= 0.6 is 0 Å². The smallest absolute Gasteiger partial charge is 0.325 e. The van der Waals surface area contributed by atoms with Gasteiger partial charge in [-0.25, -0.2) is 4.79 Å². The summed E-state index contributed by atoms with van der Waals surface area (Å²) in [5.74, 6) is -0.924. The number of amides is 4. The van der Waals surface area contributed by atoms with E-state index in [9.17, 15) is 14.4 Å². The molecule has 1 fully saturated rings. The number of carbonyl (C=O) groups is 3. The molecule has 1 saturated heterocycles. The highest BCUT2D eigenvalue weighted by atomic mass is 16.2. The zero-order chi connectivity index (χ0) is 22.9. The number of urea groups is 1. The summed E-state index contributed by atoms with van der Waals surface area (Å²) in [6.45, 7) is 3.06. The van der Waals surface area contributed by atoms with E-state index in [2.05, 4.69) is 10.6 Å². The lowest BCUT2D eigenvalue weighted by Gasteiger charge is -2.23. The molecule has 4 amide bonds. The normalized spacial score (nSPS) is 18.8. The van der Waals surface area contributed by atoms with Crippen LogP contribution in [0, 0.1) is 11.3 Å². The van der Waals surface area contributed by atoms with Crippen LogP contribution < -0.4 is 10.6 Å². The van der Waals surface area contributed by atoms with Crippen LogP contribution in [0.3, 0.4) is 0 Å². The van der Waals surface area contributed by atoms with Crippen molar-refractivity contribution >= 4 is 28.6 Å². The first-order valence-electron chi connectivity index (χ1n) is 10.2. The number of fused-ring (bicyclic) bond motifs is 1. The van der Waals surface area contributed by atoms with Crippen molar-refractivity contribution in [2.75, 3.05) is 6.54 Å². The van der Waals surface area contributed by atoms with Crippen molar-refractivity contribution in [1.82, 2.24) is 15.5 Å². The highest BCUT2D eigenvalue weighted by Gasteiger charge is 2.49. The van der Waals surface area contributed by atoms with Crippen LogP contribution in [0.4, 0.5) is 4.79 Å². The third kappa shape index (κ3) is 3.79. The lowest BCUT2D eigenvalue weighted by molar-refractivity contribution is -0.135. The summed E-state index contributed by atoms with van der Waals surface area (Å²) in [7, 11) is 0. The van der Waals surface area contributed by atoms with Crippen molar-refractivity contribution in [3.8, 4) is 6.07 Å². The number of nitriles is 1. The molecule has 0 bridgehead atoms. The van der Waals surface area contributed by atoms with Gasteiger partial charge in [0.05, 0.1) is 17.7 Å². The molecule has 2 unspecified atom stereocenters. The average molecular weight is 426 g/mol. The Morgan fingerprint density at radius 3 is 2.47 bits per heavy atom. The molecule has 3 aromatic carbocycles. The Morgan fingerprint density at radius 1 is 1.09 bits per heavy atom. The van der Waals surface area contributed by atoms with E-state index in [4.69, 9.17) is 5.26 Å². The van der Waals surface area contributed by atoms with Gasteiger partial charge >= 0.3 is 6.03 Å². The number of nitrogens with one attached hydrogen (secondary N) is 2. The predicted molar refractivity (Wildman–Crippen MR) is 119 cm³/mol. The van der Waals surface area contributed by atoms with Crippen molar-refractivity contribution in [1.29, 1.82) is 5.26 Å². The molecule has 1 aliphatic rings. The van der Waals surface area contributed by atoms with Gasteiger partial charge in [-0.3, -0.25) is 14.5 Å². The Bertz CT molecular complexity index is 1260. The number of carbonyl (C=O) groups excluding carboxylic acids is 3. The zero-order valence-corrected chi connectivity index (χ0v) is 17.8. The average Bonchev–Trinajstić information content (AvgIpc) is 3.02. The molecule has 0 aromatic heterocycles. The maximum absolute atomic E-state index is 13.2. The SMILES string of the molecule is CC(NC(=O)CN1C(=O)NC(C)(c2ccc3ccccc3c2)C1=O)c1ccc(C#N)cc1. The molecule has 1 aliphatic heterocycles. The first-order chi connectivity index (χ1) is 15.3. The maximum Gasteiger partial charge on any atom is 0.325 e. The second-order valence-electron chi connectivity index (χ2n) is 8.03. The summed E-state index contributed by atoms with van der Waals surface area (Å²) in [6, 6.07) is 21.3. The summed E-state index contributed by atoms with van der Waals surface area (Å²) < 4.78 is 0. The second-order valence-corrected chi connectivity index (χ2v) is 8.03. The quantitative estimate of drug-likeness (QED) is 0.611. The van der Waals surface area contributed by atoms with Crippen LogP contribution in [-0.4, -0.2) is 29.3 Å². The third-order valence-corrected chi connectivity index (χ3v) is 5.82. The van der Waals surface area contributed by atoms with Crippen LogP contribution in [0.5, 0.6) is 0 Å². The highest BCUT2D eigenvalue weighted by Crippen LogP contribution is 2.31. The van der Waals surface area contributed by atoms with Gasteiger partial charge in [-0.05, 0) is 53.9 Å². The van der Waals surface area contributed by atoms with Crippen molar-refractivity contribution < 1.29 is 14.4 Å². The fraction of sp³-hybridized carbons (Fsp3) is 0.200. The Labute approximate surface area is 185 Å². The molecule has 2 atom stereocenters. The molecule has 7 nitrogen and oxygen atoms in total. The first-order valence-corrected chi connectivity index (χ1v) is 10.2. The molecular formula is C25H22N4O3. The summed E-state index contributed by atoms with van der Waals surface area (Å²) in [5.41, 5.74) is 0.749. The number of benzene rings is 3. The Kier molecular flexibility index (Phi) is 5.37. The summed E-state index contributed by atoms with van der Waals surface area (Å²) >= 11 is 0. The Hall–Kier alpha value is -4.18. The molecule has 2 N–H and O–H groups in total. The van der Waals surface area contributed by atoms with Gasteiger partial charge in [0.15, 0.2) is 0 Å². The molecular weight excluding hydrogens is 404 g/mol. The zero-order valence-electron chi connectivity index (χ0n) is 17.8. The fourth-order valence-corrected chi connectivity index (χ4v) is 3.90. The van der Waals surface area contributed by atoms with E-state index in [1.54, 1.807) is 38.1 Å². The first kappa shape index (κ1) is 21.1. The summed E-state index contributed by atoms with van der Waals surface area (Å²) in [4.78, 5) is 39.3. The molecule has 0 spiro atoms. The van der Waals surface area contributed by atoms with Gasteiger partial charge in [-0.2, -0.15) is 5.26 Å². The van der Waals surface area contributed by atoms with Crippen molar-refractivity contribution in [3.63, 3.8) is 0 Å². The molecule has 7 heteroatoms. The topological polar surface area (TPSA) is 102 Å². The van der Waals surface area contributed by atoms with Crippen molar-refractivity contribution in [2.45, 2.75) is 25.4 Å². The van der Waals surface area contributed by atoms with Gasteiger partial charge in [0, 0.05) is 0 Å². The lowest BCUT2D eigenvalue weighted by Crippen LogP contribution is -2.43. The van der Waals surface area contributed by atoms with Gasteiger partial charge < -0.3 is 10.6 Å². The van der Waals surface area contributed by atoms with E-state index in [1.165, 1.54) is 0 Å².